The van der Waals surface area contributed by atoms with Gasteiger partial charge in [0.05, 0.1) is 0 Å². The molecule has 5 heteroatoms. The van der Waals surface area contributed by atoms with Crippen molar-refractivity contribution < 1.29 is 22.6 Å². The summed E-state index contributed by atoms with van der Waals surface area (Å²) in [6.45, 7) is 0.361. The first-order chi connectivity index (χ1) is 9.03. The summed E-state index contributed by atoms with van der Waals surface area (Å²) >= 11 is 0. The predicted molar refractivity (Wildman–Crippen MR) is 63.9 cm³/mol. The van der Waals surface area contributed by atoms with E-state index in [-0.39, 0.29) is 5.75 Å². The van der Waals surface area contributed by atoms with Crippen LogP contribution in [0.5, 0.6) is 11.5 Å². The Morgan fingerprint density at radius 1 is 0.789 bits per heavy atom. The van der Waals surface area contributed by atoms with E-state index in [4.69, 9.17) is 4.74 Å². The van der Waals surface area contributed by atoms with E-state index in [1.54, 1.807) is 0 Å². The van der Waals surface area contributed by atoms with Crippen molar-refractivity contribution in [3.8, 4) is 11.5 Å². The highest BCUT2D eigenvalue weighted by Gasteiger charge is 2.30. The Balaban J connectivity index is 1.92. The van der Waals surface area contributed by atoms with Gasteiger partial charge in [0.2, 0.25) is 0 Å². The number of hydrogen-bond acceptors (Lipinski definition) is 2. The summed E-state index contributed by atoms with van der Waals surface area (Å²) < 4.78 is 45.1. The molecule has 0 aliphatic heterocycles. The quantitative estimate of drug-likeness (QED) is 0.830. The Hall–Kier alpha value is -2.17. The highest BCUT2D eigenvalue weighted by atomic mass is 19.6. The Bertz CT molecular complexity index is 506. The van der Waals surface area contributed by atoms with Crippen molar-refractivity contribution in [2.75, 3.05) is 0 Å². The predicted octanol–water partition coefficient (Wildman–Crippen LogP) is 4.16. The summed E-state index contributed by atoms with van der Waals surface area (Å²) in [6.07, 6.45) is -4.67. The number of benzene rings is 2. The van der Waals surface area contributed by atoms with E-state index in [2.05, 4.69) is 4.74 Å². The van der Waals surface area contributed by atoms with Crippen LogP contribution in [0.4, 0.5) is 13.2 Å². The van der Waals surface area contributed by atoms with Crippen LogP contribution in [0.25, 0.3) is 0 Å². The van der Waals surface area contributed by atoms with E-state index in [1.165, 1.54) is 24.3 Å². The van der Waals surface area contributed by atoms with Gasteiger partial charge in [-0.2, -0.15) is 0 Å². The van der Waals surface area contributed by atoms with Crippen molar-refractivity contribution in [1.82, 2.24) is 0 Å². The topological polar surface area (TPSA) is 18.5 Å². The van der Waals surface area contributed by atoms with Gasteiger partial charge in [0.25, 0.3) is 0 Å². The third-order valence-electron chi connectivity index (χ3n) is 2.31. The van der Waals surface area contributed by atoms with Crippen molar-refractivity contribution in [2.45, 2.75) is 13.0 Å². The largest absolute Gasteiger partial charge is 0.573 e. The molecule has 2 rings (SSSR count). The van der Waals surface area contributed by atoms with Gasteiger partial charge in [-0.15, -0.1) is 13.2 Å². The fraction of sp³-hybridized carbons (Fsp3) is 0.143. The molecule has 0 aliphatic carbocycles. The zero-order valence-electron chi connectivity index (χ0n) is 9.85. The number of halogens is 3. The SMILES string of the molecule is F[14C](F)(F)Oc1ccc(OCc2ccccc2)cc1. The average molecular weight is 270 g/mol. The zero-order chi connectivity index (χ0) is 13.7. The minimum absolute atomic E-state index is 0.264. The minimum Gasteiger partial charge on any atom is -0.489 e. The van der Waals surface area contributed by atoms with Crippen molar-refractivity contribution in [2.24, 2.45) is 0 Å². The van der Waals surface area contributed by atoms with Gasteiger partial charge in [0.15, 0.2) is 0 Å². The fourth-order valence-electron chi connectivity index (χ4n) is 1.48. The molecule has 100 valence electrons. The molecule has 2 aromatic carbocycles. The summed E-state index contributed by atoms with van der Waals surface area (Å²) in [6, 6.07) is 14.8. The highest BCUT2D eigenvalue weighted by molar-refractivity contribution is 5.31. The van der Waals surface area contributed by atoms with Crippen molar-refractivity contribution in [3.05, 3.63) is 60.2 Å². The van der Waals surface area contributed by atoms with E-state index >= 15 is 0 Å². The zero-order valence-corrected chi connectivity index (χ0v) is 9.85. The fourth-order valence-corrected chi connectivity index (χ4v) is 1.48. The second kappa shape index (κ2) is 5.65. The molecular formula is C14H11F3O2. The molecule has 0 spiro atoms. The molecule has 0 aliphatic rings. The molecule has 0 radical (unpaired) electrons. The summed E-state index contributed by atoms with van der Waals surface area (Å²) in [7, 11) is 0. The van der Waals surface area contributed by atoms with Gasteiger partial charge in [-0.05, 0) is 29.8 Å². The second-order valence-electron chi connectivity index (χ2n) is 3.79. The standard InChI is InChI=1S/C14H11F3O2/c15-14(16,17)19-13-8-6-12(7-9-13)18-10-11-4-2-1-3-5-11/h1-9H,10H2/i14+2. The number of hydrogen-bond donors (Lipinski definition) is 0. The lowest BCUT2D eigenvalue weighted by Crippen LogP contribution is -2.16. The highest BCUT2D eigenvalue weighted by Crippen LogP contribution is 2.24. The van der Waals surface area contributed by atoms with Crippen LogP contribution in [0.3, 0.4) is 0 Å². The van der Waals surface area contributed by atoms with Crippen LogP contribution in [-0.4, -0.2) is 6.36 Å². The van der Waals surface area contributed by atoms with Crippen LogP contribution >= 0.6 is 0 Å². The van der Waals surface area contributed by atoms with Crippen LogP contribution in [0, 0.1) is 0 Å². The van der Waals surface area contributed by atoms with E-state index in [1.807, 2.05) is 30.3 Å². The van der Waals surface area contributed by atoms with Crippen LogP contribution in [0.15, 0.2) is 54.6 Å². The van der Waals surface area contributed by atoms with Gasteiger partial charge in [-0.1, -0.05) is 30.3 Å². The van der Waals surface area contributed by atoms with Gasteiger partial charge >= 0.3 is 6.36 Å². The maximum Gasteiger partial charge on any atom is 0.573 e. The molecule has 0 saturated heterocycles. The number of ether oxygens (including phenoxy) is 2. The van der Waals surface area contributed by atoms with Gasteiger partial charge < -0.3 is 9.47 Å². The van der Waals surface area contributed by atoms with E-state index in [9.17, 15) is 13.2 Å². The second-order valence-corrected chi connectivity index (χ2v) is 3.79. The van der Waals surface area contributed by atoms with Crippen molar-refractivity contribution >= 4 is 0 Å². The average Bonchev–Trinajstić information content (AvgIpc) is 2.37. The lowest BCUT2D eigenvalue weighted by Gasteiger charge is -2.10. The third-order valence-corrected chi connectivity index (χ3v) is 2.31. The molecule has 0 bridgehead atoms. The molecule has 2 nitrogen and oxygen atoms in total. The smallest absolute Gasteiger partial charge is 0.489 e. The molecule has 2 aromatic rings. The molecule has 0 N–H and O–H groups in total. The third kappa shape index (κ3) is 4.54. The molecule has 0 heterocycles. The first-order valence-corrected chi connectivity index (χ1v) is 5.55. The maximum absolute atomic E-state index is 12.0. The lowest BCUT2D eigenvalue weighted by molar-refractivity contribution is -0.274. The minimum atomic E-state index is -4.67. The van der Waals surface area contributed by atoms with E-state index in [0.717, 1.165) is 5.56 Å². The van der Waals surface area contributed by atoms with Crippen molar-refractivity contribution in [3.63, 3.8) is 0 Å². The summed E-state index contributed by atoms with van der Waals surface area (Å²) in [4.78, 5) is 0. The van der Waals surface area contributed by atoms with Gasteiger partial charge in [0.1, 0.15) is 18.1 Å². The van der Waals surface area contributed by atoms with Gasteiger partial charge in [-0.3, -0.25) is 0 Å². The normalized spacial score (nSPS) is 11.1. The Morgan fingerprint density at radius 3 is 1.95 bits per heavy atom. The van der Waals surface area contributed by atoms with Crippen LogP contribution in [0.2, 0.25) is 0 Å². The first-order valence-electron chi connectivity index (χ1n) is 5.55. The first kappa shape index (κ1) is 13.3. The molecule has 0 atom stereocenters. The molecule has 0 saturated carbocycles. The Labute approximate surface area is 108 Å². The Morgan fingerprint density at radius 2 is 1.37 bits per heavy atom. The summed E-state index contributed by atoms with van der Waals surface area (Å²) in [5, 5.41) is 0. The Kier molecular flexibility index (Phi) is 3.94. The van der Waals surface area contributed by atoms with Crippen LogP contribution < -0.4 is 9.47 Å². The van der Waals surface area contributed by atoms with E-state index in [0.29, 0.717) is 12.4 Å². The molecule has 0 unspecified atom stereocenters. The summed E-state index contributed by atoms with van der Waals surface area (Å²) in [5.41, 5.74) is 0.984. The van der Waals surface area contributed by atoms with Crippen molar-refractivity contribution in [1.29, 1.82) is 0 Å². The number of alkyl halides is 3. The monoisotopic (exact) mass is 270 g/mol. The molecule has 0 aromatic heterocycles. The number of rotatable bonds is 4. The maximum atomic E-state index is 12.0. The van der Waals surface area contributed by atoms with Gasteiger partial charge in [0, 0.05) is 0 Å². The molecule has 0 fully saturated rings. The lowest BCUT2D eigenvalue weighted by atomic mass is 10.2. The molecule has 19 heavy (non-hydrogen) atoms. The van der Waals surface area contributed by atoms with Gasteiger partial charge in [-0.25, -0.2) is 0 Å². The molecular weight excluding hydrogens is 259 g/mol. The van der Waals surface area contributed by atoms with E-state index < -0.39 is 6.36 Å². The summed E-state index contributed by atoms with van der Waals surface area (Å²) in [5.74, 6) is 0.220. The molecule has 0 amide bonds. The van der Waals surface area contributed by atoms with Crippen LogP contribution in [-0.2, 0) is 6.61 Å². The van der Waals surface area contributed by atoms with Crippen LogP contribution in [0.1, 0.15) is 5.56 Å².